The summed E-state index contributed by atoms with van der Waals surface area (Å²) in [5.41, 5.74) is 3.79. The maximum atomic E-state index is 13.9. The number of hydrogen-bond donors (Lipinski definition) is 2. The normalized spacial score (nSPS) is 10.4. The monoisotopic (exact) mass is 275 g/mol. The van der Waals surface area contributed by atoms with E-state index < -0.39 is 0 Å². The number of nitrogens with one attached hydrogen (secondary N) is 1. The Hall–Kier alpha value is -2.21. The summed E-state index contributed by atoms with van der Waals surface area (Å²) in [5.74, 6) is 7.02. The Balaban J connectivity index is 2.54. The summed E-state index contributed by atoms with van der Waals surface area (Å²) >= 11 is 0. The van der Waals surface area contributed by atoms with E-state index in [-0.39, 0.29) is 5.82 Å². The molecule has 1 aromatic carbocycles. The Morgan fingerprint density at radius 1 is 1.30 bits per heavy atom. The zero-order chi connectivity index (χ0) is 14.7. The first-order valence-corrected chi connectivity index (χ1v) is 6.40. The molecule has 0 aliphatic heterocycles. The van der Waals surface area contributed by atoms with E-state index in [1.54, 1.807) is 30.1 Å². The first-order valence-electron chi connectivity index (χ1n) is 6.40. The minimum absolute atomic E-state index is 0.298. The number of hydrazine groups is 1. The maximum Gasteiger partial charge on any atom is 0.148 e. The minimum atomic E-state index is -0.298. The van der Waals surface area contributed by atoms with Crippen LogP contribution in [-0.4, -0.2) is 17.0 Å². The van der Waals surface area contributed by atoms with Crippen LogP contribution in [0, 0.1) is 12.7 Å². The second-order valence-corrected chi connectivity index (χ2v) is 4.45. The maximum absolute atomic E-state index is 13.9. The molecule has 0 bridgehead atoms. The van der Waals surface area contributed by atoms with Crippen molar-refractivity contribution in [2.75, 3.05) is 17.4 Å². The number of hydrogen-bond acceptors (Lipinski definition) is 5. The lowest BCUT2D eigenvalue weighted by molar-refractivity contribution is 0.627. The quantitative estimate of drug-likeness (QED) is 0.663. The standard InChI is InChI=1S/C14H18FN5/c1-4-12-17-13(19-16)9(2)14(18-12)20(3)11-8-6-5-7-10(11)15/h5-8H,4,16H2,1-3H3,(H,17,18,19). The Morgan fingerprint density at radius 2 is 2.00 bits per heavy atom. The summed E-state index contributed by atoms with van der Waals surface area (Å²) in [5, 5.41) is 0. The van der Waals surface area contributed by atoms with Gasteiger partial charge >= 0.3 is 0 Å². The molecule has 0 radical (unpaired) electrons. The molecule has 0 saturated heterocycles. The summed E-state index contributed by atoms with van der Waals surface area (Å²) in [6.45, 7) is 3.80. The number of aromatic nitrogens is 2. The van der Waals surface area contributed by atoms with Crippen LogP contribution in [0.4, 0.5) is 21.7 Å². The molecular formula is C14H18FN5. The highest BCUT2D eigenvalue weighted by Gasteiger charge is 2.16. The molecule has 6 heteroatoms. The van der Waals surface area contributed by atoms with Gasteiger partial charge in [-0.2, -0.15) is 0 Å². The van der Waals surface area contributed by atoms with Gasteiger partial charge in [0, 0.05) is 19.0 Å². The van der Waals surface area contributed by atoms with Crippen LogP contribution >= 0.6 is 0 Å². The van der Waals surface area contributed by atoms with Gasteiger partial charge in [0.1, 0.15) is 23.3 Å². The van der Waals surface area contributed by atoms with Crippen molar-refractivity contribution in [1.29, 1.82) is 0 Å². The smallest absolute Gasteiger partial charge is 0.148 e. The number of para-hydroxylation sites is 1. The second kappa shape index (κ2) is 5.83. The van der Waals surface area contributed by atoms with Crippen molar-refractivity contribution in [3.8, 4) is 0 Å². The van der Waals surface area contributed by atoms with Crippen molar-refractivity contribution in [3.05, 3.63) is 41.5 Å². The second-order valence-electron chi connectivity index (χ2n) is 4.45. The highest BCUT2D eigenvalue weighted by Crippen LogP contribution is 2.29. The molecule has 1 heterocycles. The molecule has 1 aromatic heterocycles. The number of nitrogens with zero attached hydrogens (tertiary/aromatic N) is 3. The third kappa shape index (κ3) is 2.55. The van der Waals surface area contributed by atoms with Crippen molar-refractivity contribution < 1.29 is 4.39 Å². The van der Waals surface area contributed by atoms with E-state index in [0.717, 1.165) is 5.56 Å². The van der Waals surface area contributed by atoms with Crippen molar-refractivity contribution in [3.63, 3.8) is 0 Å². The lowest BCUT2D eigenvalue weighted by Crippen LogP contribution is -2.19. The van der Waals surface area contributed by atoms with E-state index in [1.807, 2.05) is 13.8 Å². The van der Waals surface area contributed by atoms with Gasteiger partial charge in [0.15, 0.2) is 0 Å². The number of anilines is 3. The topological polar surface area (TPSA) is 67.1 Å². The molecule has 0 spiro atoms. The lowest BCUT2D eigenvalue weighted by Gasteiger charge is -2.22. The predicted octanol–water partition coefficient (Wildman–Crippen LogP) is 2.54. The largest absolute Gasteiger partial charge is 0.327 e. The van der Waals surface area contributed by atoms with Gasteiger partial charge in [-0.3, -0.25) is 0 Å². The first-order chi connectivity index (χ1) is 9.58. The first kappa shape index (κ1) is 14.2. The SMILES string of the molecule is CCc1nc(NN)c(C)c(N(C)c2ccccc2F)n1. The van der Waals surface area contributed by atoms with Crippen LogP contribution in [0.15, 0.2) is 24.3 Å². The average molecular weight is 275 g/mol. The molecule has 2 rings (SSSR count). The summed E-state index contributed by atoms with van der Waals surface area (Å²) in [6, 6.07) is 6.57. The van der Waals surface area contributed by atoms with Gasteiger partial charge in [-0.1, -0.05) is 19.1 Å². The summed E-state index contributed by atoms with van der Waals surface area (Å²) in [7, 11) is 1.77. The zero-order valence-electron chi connectivity index (χ0n) is 11.8. The van der Waals surface area contributed by atoms with Gasteiger partial charge in [-0.05, 0) is 19.1 Å². The highest BCUT2D eigenvalue weighted by molar-refractivity contribution is 5.66. The molecule has 0 fully saturated rings. The molecule has 3 N–H and O–H groups in total. The van der Waals surface area contributed by atoms with E-state index in [1.165, 1.54) is 6.07 Å². The number of nitrogen functional groups attached to an aromatic ring is 1. The fraction of sp³-hybridized carbons (Fsp3) is 0.286. The zero-order valence-corrected chi connectivity index (χ0v) is 11.8. The number of halogens is 1. The third-order valence-electron chi connectivity index (χ3n) is 3.15. The lowest BCUT2D eigenvalue weighted by atomic mass is 10.2. The van der Waals surface area contributed by atoms with E-state index in [2.05, 4.69) is 15.4 Å². The fourth-order valence-electron chi connectivity index (χ4n) is 2.01. The summed E-state index contributed by atoms with van der Waals surface area (Å²) in [4.78, 5) is 10.5. The third-order valence-corrected chi connectivity index (χ3v) is 3.15. The van der Waals surface area contributed by atoms with E-state index >= 15 is 0 Å². The molecule has 2 aromatic rings. The van der Waals surface area contributed by atoms with Crippen LogP contribution in [0.3, 0.4) is 0 Å². The Bertz CT molecular complexity index is 615. The Kier molecular flexibility index (Phi) is 4.14. The molecule has 106 valence electrons. The number of benzene rings is 1. The van der Waals surface area contributed by atoms with Gasteiger partial charge in [0.25, 0.3) is 0 Å². The molecule has 5 nitrogen and oxygen atoms in total. The fourth-order valence-corrected chi connectivity index (χ4v) is 2.01. The molecule has 0 unspecified atom stereocenters. The summed E-state index contributed by atoms with van der Waals surface area (Å²) in [6.07, 6.45) is 0.674. The number of aryl methyl sites for hydroxylation is 1. The molecule has 0 saturated carbocycles. The van der Waals surface area contributed by atoms with Gasteiger partial charge in [-0.25, -0.2) is 20.2 Å². The number of rotatable bonds is 4. The van der Waals surface area contributed by atoms with E-state index in [4.69, 9.17) is 5.84 Å². The molecular weight excluding hydrogens is 257 g/mol. The summed E-state index contributed by atoms with van der Waals surface area (Å²) < 4.78 is 13.9. The van der Waals surface area contributed by atoms with Gasteiger partial charge in [0.05, 0.1) is 5.69 Å². The number of nitrogens with two attached hydrogens (primary N) is 1. The van der Waals surface area contributed by atoms with Gasteiger partial charge in [0.2, 0.25) is 0 Å². The Labute approximate surface area is 117 Å². The van der Waals surface area contributed by atoms with Gasteiger partial charge < -0.3 is 10.3 Å². The van der Waals surface area contributed by atoms with Crippen LogP contribution in [0.5, 0.6) is 0 Å². The van der Waals surface area contributed by atoms with E-state index in [0.29, 0.717) is 29.6 Å². The van der Waals surface area contributed by atoms with E-state index in [9.17, 15) is 4.39 Å². The van der Waals surface area contributed by atoms with Crippen molar-refractivity contribution >= 4 is 17.3 Å². The molecule has 0 aliphatic carbocycles. The molecule has 0 amide bonds. The van der Waals surface area contributed by atoms with Crippen LogP contribution in [0.2, 0.25) is 0 Å². The predicted molar refractivity (Wildman–Crippen MR) is 78.4 cm³/mol. The minimum Gasteiger partial charge on any atom is -0.327 e. The van der Waals surface area contributed by atoms with Crippen molar-refractivity contribution in [2.24, 2.45) is 5.84 Å². The molecule has 0 aliphatic rings. The van der Waals surface area contributed by atoms with Crippen LogP contribution in [0.1, 0.15) is 18.3 Å². The van der Waals surface area contributed by atoms with Gasteiger partial charge in [-0.15, -0.1) is 0 Å². The highest BCUT2D eigenvalue weighted by atomic mass is 19.1. The molecule has 0 atom stereocenters. The van der Waals surface area contributed by atoms with Crippen LogP contribution in [-0.2, 0) is 6.42 Å². The Morgan fingerprint density at radius 3 is 2.60 bits per heavy atom. The molecule has 20 heavy (non-hydrogen) atoms. The van der Waals surface area contributed by atoms with Crippen LogP contribution in [0.25, 0.3) is 0 Å². The van der Waals surface area contributed by atoms with Crippen LogP contribution < -0.4 is 16.2 Å². The van der Waals surface area contributed by atoms with Crippen molar-refractivity contribution in [2.45, 2.75) is 20.3 Å². The average Bonchev–Trinajstić information content (AvgIpc) is 2.47. The van der Waals surface area contributed by atoms with Crippen molar-refractivity contribution in [1.82, 2.24) is 9.97 Å².